The molecule has 0 atom stereocenters. The molecule has 0 bridgehead atoms. The maximum Gasteiger partial charge on any atom is 0.255 e. The van der Waals surface area contributed by atoms with Gasteiger partial charge in [0.25, 0.3) is 5.91 Å². The molecule has 0 spiro atoms. The van der Waals surface area contributed by atoms with Crippen LogP contribution in [-0.4, -0.2) is 53.6 Å². The third kappa shape index (κ3) is 5.22. The lowest BCUT2D eigenvalue weighted by atomic mass is 10.0. The summed E-state index contributed by atoms with van der Waals surface area (Å²) in [5.74, 6) is -0.445. The van der Waals surface area contributed by atoms with Crippen LogP contribution >= 0.6 is 0 Å². The summed E-state index contributed by atoms with van der Waals surface area (Å²) in [4.78, 5) is 21.3. The first-order valence-corrected chi connectivity index (χ1v) is 11.9. The number of hydrogen-bond acceptors (Lipinski definition) is 6. The highest BCUT2D eigenvalue weighted by Crippen LogP contribution is 2.35. The van der Waals surface area contributed by atoms with Gasteiger partial charge in [0.1, 0.15) is 17.4 Å². The van der Waals surface area contributed by atoms with Crippen molar-refractivity contribution in [3.8, 4) is 17.0 Å². The number of pyridine rings is 1. The fourth-order valence-electron chi connectivity index (χ4n) is 4.44. The molecule has 2 heterocycles. The summed E-state index contributed by atoms with van der Waals surface area (Å²) in [6, 6.07) is 13.6. The Morgan fingerprint density at radius 3 is 2.66 bits per heavy atom. The largest absolute Gasteiger partial charge is 0.507 e. The first-order valence-electron chi connectivity index (χ1n) is 11.9. The van der Waals surface area contributed by atoms with Crippen LogP contribution in [0.2, 0.25) is 0 Å². The SMILES string of the molecule is CCN1CCC(NC(=O)c2ccc(-c3cc(N(C)c4cccc(C)c4F)ccc3O)nc2N)CC1. The molecular weight excluding hydrogens is 445 g/mol. The number of carbonyl (C=O) groups excluding carboxylic acids is 1. The van der Waals surface area contributed by atoms with Crippen LogP contribution in [0, 0.1) is 12.7 Å². The second-order valence-corrected chi connectivity index (χ2v) is 8.98. The van der Waals surface area contributed by atoms with E-state index in [9.17, 15) is 14.3 Å². The number of aromatic hydroxyl groups is 1. The molecule has 1 saturated heterocycles. The molecule has 7 nitrogen and oxygen atoms in total. The molecule has 0 saturated carbocycles. The maximum atomic E-state index is 14.7. The van der Waals surface area contributed by atoms with Crippen molar-refractivity contribution in [1.82, 2.24) is 15.2 Å². The van der Waals surface area contributed by atoms with Crippen LogP contribution in [0.5, 0.6) is 5.75 Å². The normalized spacial score (nSPS) is 14.6. The Kier molecular flexibility index (Phi) is 7.21. The van der Waals surface area contributed by atoms with Gasteiger partial charge in [-0.2, -0.15) is 0 Å². The first-order chi connectivity index (χ1) is 16.8. The summed E-state index contributed by atoms with van der Waals surface area (Å²) >= 11 is 0. The minimum absolute atomic E-state index is 0.0126. The Balaban J connectivity index is 1.55. The lowest BCUT2D eigenvalue weighted by Crippen LogP contribution is -2.44. The van der Waals surface area contributed by atoms with Gasteiger partial charge in [-0.05, 0) is 68.3 Å². The quantitative estimate of drug-likeness (QED) is 0.485. The molecule has 1 fully saturated rings. The topological polar surface area (TPSA) is 94.7 Å². The minimum Gasteiger partial charge on any atom is -0.507 e. The van der Waals surface area contributed by atoms with Crippen LogP contribution in [0.1, 0.15) is 35.7 Å². The predicted octanol–water partition coefficient (Wildman–Crippen LogP) is 4.47. The molecule has 1 amide bonds. The zero-order chi connectivity index (χ0) is 25.1. The summed E-state index contributed by atoms with van der Waals surface area (Å²) in [5.41, 5.74) is 8.97. The summed E-state index contributed by atoms with van der Waals surface area (Å²) < 4.78 is 14.7. The van der Waals surface area contributed by atoms with Crippen LogP contribution in [0.15, 0.2) is 48.5 Å². The number of phenolic OH excluding ortho intramolecular Hbond substituents is 1. The van der Waals surface area contributed by atoms with E-state index >= 15 is 0 Å². The van der Waals surface area contributed by atoms with Gasteiger partial charge in [0.2, 0.25) is 0 Å². The third-order valence-corrected chi connectivity index (χ3v) is 6.72. The molecule has 0 unspecified atom stereocenters. The van der Waals surface area contributed by atoms with Crippen molar-refractivity contribution in [2.24, 2.45) is 0 Å². The smallest absolute Gasteiger partial charge is 0.255 e. The number of amides is 1. The van der Waals surface area contributed by atoms with Crippen molar-refractivity contribution in [1.29, 1.82) is 0 Å². The molecule has 0 radical (unpaired) electrons. The van der Waals surface area contributed by atoms with Gasteiger partial charge >= 0.3 is 0 Å². The van der Waals surface area contributed by atoms with Crippen LogP contribution in [0.25, 0.3) is 11.3 Å². The van der Waals surface area contributed by atoms with Gasteiger partial charge in [-0.3, -0.25) is 4.79 Å². The third-order valence-electron chi connectivity index (χ3n) is 6.72. The van der Waals surface area contributed by atoms with E-state index in [1.54, 1.807) is 61.3 Å². The van der Waals surface area contributed by atoms with Gasteiger partial charge in [-0.15, -0.1) is 0 Å². The lowest BCUT2D eigenvalue weighted by molar-refractivity contribution is 0.0913. The average Bonchev–Trinajstić information content (AvgIpc) is 2.86. The van der Waals surface area contributed by atoms with Crippen molar-refractivity contribution in [2.45, 2.75) is 32.7 Å². The van der Waals surface area contributed by atoms with Gasteiger partial charge in [0.15, 0.2) is 0 Å². The zero-order valence-electron chi connectivity index (χ0n) is 20.4. The zero-order valence-corrected chi connectivity index (χ0v) is 20.4. The van der Waals surface area contributed by atoms with Crippen LogP contribution in [0.3, 0.4) is 0 Å². The van der Waals surface area contributed by atoms with Gasteiger partial charge in [0.05, 0.1) is 16.9 Å². The number of nitrogen functional groups attached to an aromatic ring is 1. The second kappa shape index (κ2) is 10.3. The number of phenols is 1. The number of benzene rings is 2. The number of halogens is 1. The maximum absolute atomic E-state index is 14.7. The van der Waals surface area contributed by atoms with E-state index in [0.29, 0.717) is 33.8 Å². The molecule has 2 aromatic carbocycles. The van der Waals surface area contributed by atoms with E-state index in [-0.39, 0.29) is 29.3 Å². The molecule has 35 heavy (non-hydrogen) atoms. The number of hydrogen-bond donors (Lipinski definition) is 3. The molecular formula is C27H32FN5O2. The lowest BCUT2D eigenvalue weighted by Gasteiger charge is -2.31. The average molecular weight is 478 g/mol. The number of piperidine rings is 1. The molecule has 1 aliphatic rings. The van der Waals surface area contributed by atoms with E-state index in [1.165, 1.54) is 6.07 Å². The Hall–Kier alpha value is -3.65. The molecule has 1 aromatic heterocycles. The first kappa shape index (κ1) is 24.5. The Morgan fingerprint density at radius 2 is 1.97 bits per heavy atom. The van der Waals surface area contributed by atoms with Gasteiger partial charge in [-0.1, -0.05) is 19.1 Å². The van der Waals surface area contributed by atoms with Gasteiger partial charge in [0, 0.05) is 37.4 Å². The van der Waals surface area contributed by atoms with E-state index in [1.807, 2.05) is 0 Å². The number of likely N-dealkylation sites (tertiary alicyclic amines) is 1. The van der Waals surface area contributed by atoms with Gasteiger partial charge < -0.3 is 26.0 Å². The molecule has 0 aliphatic carbocycles. The molecule has 4 rings (SSSR count). The highest BCUT2D eigenvalue weighted by atomic mass is 19.1. The summed E-state index contributed by atoms with van der Waals surface area (Å²) in [6.07, 6.45) is 1.81. The highest BCUT2D eigenvalue weighted by Gasteiger charge is 2.22. The molecule has 3 aromatic rings. The minimum atomic E-state index is -0.303. The summed E-state index contributed by atoms with van der Waals surface area (Å²) in [7, 11) is 1.76. The van der Waals surface area contributed by atoms with Crippen molar-refractivity contribution in [3.63, 3.8) is 0 Å². The monoisotopic (exact) mass is 477 g/mol. The Bertz CT molecular complexity index is 1220. The number of nitrogens with two attached hydrogens (primary N) is 1. The standard InChI is InChI=1S/C27H32FN5O2/c1-4-33-14-12-18(13-15-33)30-27(35)20-9-10-22(31-26(20)29)21-16-19(8-11-24(21)34)32(3)23-7-5-6-17(2)25(23)28/h5-11,16,18,34H,4,12-15H2,1-3H3,(H2,29,31)(H,30,35). The molecule has 8 heteroatoms. The number of nitrogens with one attached hydrogen (secondary N) is 1. The Morgan fingerprint density at radius 1 is 1.23 bits per heavy atom. The van der Waals surface area contributed by atoms with Crippen LogP contribution in [0.4, 0.5) is 21.6 Å². The fourth-order valence-corrected chi connectivity index (χ4v) is 4.44. The number of aromatic nitrogens is 1. The fraction of sp³-hybridized carbons (Fsp3) is 0.333. The van der Waals surface area contributed by atoms with Crippen LogP contribution < -0.4 is 16.0 Å². The number of anilines is 3. The van der Waals surface area contributed by atoms with Crippen molar-refractivity contribution >= 4 is 23.1 Å². The van der Waals surface area contributed by atoms with E-state index in [2.05, 4.69) is 22.1 Å². The van der Waals surface area contributed by atoms with E-state index in [4.69, 9.17) is 5.73 Å². The van der Waals surface area contributed by atoms with Crippen molar-refractivity contribution < 1.29 is 14.3 Å². The summed E-state index contributed by atoms with van der Waals surface area (Å²) in [5, 5.41) is 13.6. The van der Waals surface area contributed by atoms with E-state index < -0.39 is 0 Å². The number of nitrogens with zero attached hydrogens (tertiary/aromatic N) is 3. The molecule has 1 aliphatic heterocycles. The molecule has 4 N–H and O–H groups in total. The van der Waals surface area contributed by atoms with E-state index in [0.717, 1.165) is 32.5 Å². The van der Waals surface area contributed by atoms with Crippen molar-refractivity contribution in [2.75, 3.05) is 37.3 Å². The number of rotatable bonds is 6. The number of aryl methyl sites for hydroxylation is 1. The number of carbonyl (C=O) groups is 1. The predicted molar refractivity (Wildman–Crippen MR) is 138 cm³/mol. The van der Waals surface area contributed by atoms with Gasteiger partial charge in [-0.25, -0.2) is 9.37 Å². The van der Waals surface area contributed by atoms with Crippen molar-refractivity contribution in [3.05, 3.63) is 65.5 Å². The van der Waals surface area contributed by atoms with Crippen LogP contribution in [-0.2, 0) is 0 Å². The molecule has 184 valence electrons. The summed E-state index contributed by atoms with van der Waals surface area (Å²) in [6.45, 7) is 6.80. The second-order valence-electron chi connectivity index (χ2n) is 8.98. The Labute approximate surface area is 205 Å². The highest BCUT2D eigenvalue weighted by molar-refractivity contribution is 5.99.